The lowest BCUT2D eigenvalue weighted by atomic mass is 9.89. The molecule has 9 heteroatoms. The highest BCUT2D eigenvalue weighted by Crippen LogP contribution is 2.43. The van der Waals surface area contributed by atoms with E-state index in [0.717, 1.165) is 29.2 Å². The van der Waals surface area contributed by atoms with Gasteiger partial charge in [-0.2, -0.15) is 13.2 Å². The van der Waals surface area contributed by atoms with Gasteiger partial charge in [0.25, 0.3) is 0 Å². The van der Waals surface area contributed by atoms with E-state index in [1.165, 1.54) is 12.1 Å². The number of benzene rings is 4. The average Bonchev–Trinajstić information content (AvgIpc) is 2.85. The summed E-state index contributed by atoms with van der Waals surface area (Å²) in [6.45, 7) is 0.157. The molecule has 2 nitrogen and oxygen atoms in total. The van der Waals surface area contributed by atoms with Crippen molar-refractivity contribution in [3.8, 4) is 22.6 Å². The molecule has 4 rings (SSSR count). The number of rotatable bonds is 8. The molecule has 4 aromatic carbocycles. The Morgan fingerprint density at radius 3 is 2.25 bits per heavy atom. The fourth-order valence-corrected chi connectivity index (χ4v) is 4.47. The van der Waals surface area contributed by atoms with Crippen LogP contribution >= 0.6 is 35.2 Å². The third kappa shape index (κ3) is 6.52. The van der Waals surface area contributed by atoms with E-state index >= 15 is 0 Å². The smallest absolute Gasteiger partial charge is 0.417 e. The van der Waals surface area contributed by atoms with E-state index < -0.39 is 16.8 Å². The van der Waals surface area contributed by atoms with Crippen molar-refractivity contribution in [1.82, 2.24) is 0 Å². The molecule has 2 radical (unpaired) electrons. The average molecular weight is 545 g/mol. The van der Waals surface area contributed by atoms with Gasteiger partial charge in [-0.25, -0.2) is 0 Å². The third-order valence-corrected chi connectivity index (χ3v) is 6.55. The Labute approximate surface area is 223 Å². The molecule has 0 bridgehead atoms. The Kier molecular flexibility index (Phi) is 8.44. The summed E-state index contributed by atoms with van der Waals surface area (Å²) >= 11 is 12.9. The predicted molar refractivity (Wildman–Crippen MR) is 141 cm³/mol. The lowest BCUT2D eigenvalue weighted by Gasteiger charge is -2.19. The fraction of sp³-hybridized carbons (Fsp3) is 0.111. The molecular weight excluding hydrogens is 527 g/mol. The van der Waals surface area contributed by atoms with Crippen LogP contribution in [0, 0.1) is 0 Å². The molecule has 0 fully saturated rings. The zero-order valence-corrected chi connectivity index (χ0v) is 21.0. The van der Waals surface area contributed by atoms with E-state index in [1.807, 2.05) is 30.3 Å². The summed E-state index contributed by atoms with van der Waals surface area (Å²) in [5.41, 5.74) is 1.65. The Morgan fingerprint density at radius 2 is 1.56 bits per heavy atom. The van der Waals surface area contributed by atoms with Gasteiger partial charge in [-0.15, -0.1) is 0 Å². The van der Waals surface area contributed by atoms with Crippen molar-refractivity contribution < 1.29 is 22.1 Å². The molecule has 4 aromatic rings. The van der Waals surface area contributed by atoms with Gasteiger partial charge in [0, 0.05) is 5.02 Å². The van der Waals surface area contributed by atoms with Crippen LogP contribution in [0.2, 0.25) is 10.0 Å². The van der Waals surface area contributed by atoms with Gasteiger partial charge in [0.15, 0.2) is 0 Å². The summed E-state index contributed by atoms with van der Waals surface area (Å²) in [4.78, 5) is 0. The zero-order chi connectivity index (χ0) is 25.7. The molecule has 0 heterocycles. The van der Waals surface area contributed by atoms with E-state index in [9.17, 15) is 13.2 Å². The minimum Gasteiger partial charge on any atom is -0.488 e. The largest absolute Gasteiger partial charge is 0.488 e. The summed E-state index contributed by atoms with van der Waals surface area (Å²) in [5.74, 6) is 1.02. The van der Waals surface area contributed by atoms with Crippen LogP contribution in [0.1, 0.15) is 16.7 Å². The minimum absolute atomic E-state index is 0.157. The van der Waals surface area contributed by atoms with Gasteiger partial charge in [0.2, 0.25) is 0 Å². The Hall–Kier alpha value is -2.74. The predicted octanol–water partition coefficient (Wildman–Crippen LogP) is 8.28. The van der Waals surface area contributed by atoms with Gasteiger partial charge >= 0.3 is 6.18 Å². The van der Waals surface area contributed by atoms with Crippen molar-refractivity contribution >= 4 is 48.6 Å². The van der Waals surface area contributed by atoms with Gasteiger partial charge in [-0.05, 0) is 47.0 Å². The molecule has 0 aromatic heterocycles. The van der Waals surface area contributed by atoms with Crippen LogP contribution in [0.25, 0.3) is 11.1 Å². The standard InChI is InChI=1S/C27H18BCl2F3O2S/c28-22-11-13-24(34-15-17-6-9-20(29)10-7-17)25(19-8-12-23(30)21(14-19)27(31,32)33)26(22)35-36-16-18-4-2-1-3-5-18/h1-14H,15-16H2. The molecule has 36 heavy (non-hydrogen) atoms. The summed E-state index contributed by atoms with van der Waals surface area (Å²) in [6, 6.07) is 23.5. The summed E-state index contributed by atoms with van der Waals surface area (Å²) in [5, 5.41) is 0.179. The first-order valence-corrected chi connectivity index (χ1v) is 12.4. The molecule has 0 spiro atoms. The van der Waals surface area contributed by atoms with Crippen LogP contribution in [0.5, 0.6) is 11.5 Å². The van der Waals surface area contributed by atoms with E-state index in [1.54, 1.807) is 36.4 Å². The number of alkyl halides is 3. The molecule has 0 N–H and O–H groups in total. The van der Waals surface area contributed by atoms with E-state index in [0.29, 0.717) is 22.1 Å². The Morgan fingerprint density at radius 1 is 0.833 bits per heavy atom. The van der Waals surface area contributed by atoms with Crippen LogP contribution in [0.4, 0.5) is 13.2 Å². The van der Waals surface area contributed by atoms with Gasteiger partial charge < -0.3 is 8.92 Å². The molecule has 0 unspecified atom stereocenters. The quantitative estimate of drug-likeness (QED) is 0.164. The van der Waals surface area contributed by atoms with Crippen LogP contribution in [0.15, 0.2) is 84.9 Å². The number of halogens is 5. The van der Waals surface area contributed by atoms with Gasteiger partial charge in [-0.1, -0.05) is 83.3 Å². The zero-order valence-electron chi connectivity index (χ0n) is 18.7. The number of hydrogen-bond donors (Lipinski definition) is 0. The van der Waals surface area contributed by atoms with Crippen molar-refractivity contribution in [2.24, 2.45) is 0 Å². The molecular formula is C27H18BCl2F3O2S. The molecule has 0 saturated heterocycles. The lowest BCUT2D eigenvalue weighted by Crippen LogP contribution is -2.10. The first-order valence-electron chi connectivity index (χ1n) is 10.7. The van der Waals surface area contributed by atoms with Crippen LogP contribution in [0.3, 0.4) is 0 Å². The van der Waals surface area contributed by atoms with E-state index in [4.69, 9.17) is 40.0 Å². The van der Waals surface area contributed by atoms with Gasteiger partial charge in [0.1, 0.15) is 26.0 Å². The first-order chi connectivity index (χ1) is 17.2. The van der Waals surface area contributed by atoms with E-state index in [2.05, 4.69) is 0 Å². The minimum atomic E-state index is -4.64. The van der Waals surface area contributed by atoms with Crippen LogP contribution < -0.4 is 14.4 Å². The first kappa shape index (κ1) is 26.3. The Balaban J connectivity index is 1.72. The number of ether oxygens (including phenoxy) is 1. The van der Waals surface area contributed by atoms with E-state index in [-0.39, 0.29) is 23.4 Å². The van der Waals surface area contributed by atoms with Gasteiger partial charge in [0.05, 0.1) is 33.9 Å². The normalized spacial score (nSPS) is 11.4. The third-order valence-electron chi connectivity index (χ3n) is 5.23. The second-order valence-corrected chi connectivity index (χ2v) is 9.33. The fourth-order valence-electron chi connectivity index (χ4n) is 3.43. The second kappa shape index (κ2) is 11.5. The summed E-state index contributed by atoms with van der Waals surface area (Å²) < 4.78 is 52.9. The maximum atomic E-state index is 13.6. The highest BCUT2D eigenvalue weighted by atomic mass is 35.5. The van der Waals surface area contributed by atoms with Crippen molar-refractivity contribution in [2.45, 2.75) is 18.5 Å². The van der Waals surface area contributed by atoms with Crippen LogP contribution in [-0.2, 0) is 18.5 Å². The van der Waals surface area contributed by atoms with Crippen molar-refractivity contribution in [2.75, 3.05) is 0 Å². The summed E-state index contributed by atoms with van der Waals surface area (Å²) in [7, 11) is 6.23. The Bertz CT molecular complexity index is 1330. The molecule has 0 aliphatic rings. The van der Waals surface area contributed by atoms with Gasteiger partial charge in [-0.3, -0.25) is 0 Å². The summed E-state index contributed by atoms with van der Waals surface area (Å²) in [6.07, 6.45) is -4.64. The van der Waals surface area contributed by atoms with Crippen molar-refractivity contribution in [3.63, 3.8) is 0 Å². The molecule has 0 aliphatic heterocycles. The SMILES string of the molecule is [B]c1ccc(OCc2ccc(Cl)cc2)c(-c2ccc(Cl)c(C(F)(F)F)c2)c1OSCc1ccccc1. The molecule has 0 aliphatic carbocycles. The monoisotopic (exact) mass is 544 g/mol. The maximum Gasteiger partial charge on any atom is 0.417 e. The molecule has 0 atom stereocenters. The molecule has 182 valence electrons. The highest BCUT2D eigenvalue weighted by molar-refractivity contribution is 7.94. The second-order valence-electron chi connectivity index (χ2n) is 7.80. The maximum absolute atomic E-state index is 13.6. The van der Waals surface area contributed by atoms with Crippen molar-refractivity contribution in [1.29, 1.82) is 0 Å². The van der Waals surface area contributed by atoms with Crippen molar-refractivity contribution in [3.05, 3.63) is 112 Å². The number of hydrogen-bond acceptors (Lipinski definition) is 3. The van der Waals surface area contributed by atoms with Crippen LogP contribution in [-0.4, -0.2) is 7.85 Å². The topological polar surface area (TPSA) is 18.5 Å². The highest BCUT2D eigenvalue weighted by Gasteiger charge is 2.34. The molecule has 0 saturated carbocycles. The molecule has 0 amide bonds. The lowest BCUT2D eigenvalue weighted by molar-refractivity contribution is -0.137.